The van der Waals surface area contributed by atoms with Crippen molar-refractivity contribution in [3.63, 3.8) is 0 Å². The Bertz CT molecular complexity index is 119. The lowest BCUT2D eigenvalue weighted by atomic mass is 10.4. The summed E-state index contributed by atoms with van der Waals surface area (Å²) in [5.74, 6) is 0.377. The largest absolute Gasteiger partial charge is 0.468 e. The van der Waals surface area contributed by atoms with Gasteiger partial charge in [-0.3, -0.25) is 0 Å². The molecule has 10 heavy (non-hydrogen) atoms. The molecule has 0 spiro atoms. The number of rotatable bonds is 3. The first-order valence-electron chi connectivity index (χ1n) is 3.49. The summed E-state index contributed by atoms with van der Waals surface area (Å²) in [6.07, 6.45) is 2.41. The number of hydroxylamine groups is 2. The third-order valence-electron chi connectivity index (χ3n) is 1.52. The van der Waals surface area contributed by atoms with E-state index in [1.54, 1.807) is 7.11 Å². The summed E-state index contributed by atoms with van der Waals surface area (Å²) >= 11 is 0. The van der Waals surface area contributed by atoms with Crippen molar-refractivity contribution in [3.8, 4) is 0 Å². The molecule has 1 rings (SSSR count). The van der Waals surface area contributed by atoms with Gasteiger partial charge in [-0.15, -0.1) is 5.06 Å². The Hall–Kier alpha value is -0.700. The highest BCUT2D eigenvalue weighted by molar-refractivity contribution is 4.67. The fourth-order valence-electron chi connectivity index (χ4n) is 0.961. The lowest BCUT2D eigenvalue weighted by Gasteiger charge is -2.15. The third kappa shape index (κ3) is 1.92. The highest BCUT2D eigenvalue weighted by atomic mass is 16.8. The molecule has 0 unspecified atom stereocenters. The van der Waals surface area contributed by atoms with Crippen molar-refractivity contribution in [3.05, 3.63) is 12.5 Å². The van der Waals surface area contributed by atoms with Crippen LogP contribution in [0.3, 0.4) is 0 Å². The van der Waals surface area contributed by atoms with Crippen LogP contribution >= 0.6 is 0 Å². The topological polar surface area (TPSA) is 21.7 Å². The smallest absolute Gasteiger partial charge is 0.292 e. The molecule has 0 amide bonds. The van der Waals surface area contributed by atoms with Crippen molar-refractivity contribution in [2.45, 2.75) is 12.8 Å². The van der Waals surface area contributed by atoms with Gasteiger partial charge in [0.2, 0.25) is 0 Å². The number of nitrogens with zero attached hydrogens (tertiary/aromatic N) is 1. The monoisotopic (exact) mass is 143 g/mol. The van der Waals surface area contributed by atoms with E-state index in [1.807, 2.05) is 5.06 Å². The van der Waals surface area contributed by atoms with E-state index in [0.29, 0.717) is 5.95 Å². The van der Waals surface area contributed by atoms with Crippen LogP contribution in [0.5, 0.6) is 0 Å². The van der Waals surface area contributed by atoms with E-state index < -0.39 is 0 Å². The molecule has 58 valence electrons. The maximum absolute atomic E-state index is 5.18. The van der Waals surface area contributed by atoms with Gasteiger partial charge >= 0.3 is 0 Å². The highest BCUT2D eigenvalue weighted by Gasteiger charge is 2.13. The molecular weight excluding hydrogens is 130 g/mol. The zero-order valence-electron chi connectivity index (χ0n) is 6.30. The molecule has 0 atom stereocenters. The Kier molecular flexibility index (Phi) is 2.57. The van der Waals surface area contributed by atoms with E-state index >= 15 is 0 Å². The zero-order chi connectivity index (χ0) is 7.40. The van der Waals surface area contributed by atoms with Crippen LogP contribution in [0.1, 0.15) is 12.8 Å². The fraction of sp³-hybridized carbons (Fsp3) is 0.714. The molecule has 3 heteroatoms. The summed E-state index contributed by atoms with van der Waals surface area (Å²) in [4.78, 5) is 5.18. The first-order chi connectivity index (χ1) is 4.83. The maximum atomic E-state index is 5.18. The SMILES string of the molecule is C=C(OC)ON1CCCC1. The fourth-order valence-corrected chi connectivity index (χ4v) is 0.961. The van der Waals surface area contributed by atoms with Crippen LogP contribution in [0.4, 0.5) is 0 Å². The molecule has 0 N–H and O–H groups in total. The van der Waals surface area contributed by atoms with Gasteiger partial charge in [-0.05, 0) is 19.4 Å². The maximum Gasteiger partial charge on any atom is 0.292 e. The van der Waals surface area contributed by atoms with Crippen molar-refractivity contribution in [1.29, 1.82) is 0 Å². The van der Waals surface area contributed by atoms with Gasteiger partial charge in [0.1, 0.15) is 0 Å². The zero-order valence-corrected chi connectivity index (χ0v) is 6.30. The minimum Gasteiger partial charge on any atom is -0.468 e. The van der Waals surface area contributed by atoms with Crippen LogP contribution in [-0.4, -0.2) is 25.3 Å². The predicted molar refractivity (Wildman–Crippen MR) is 38.0 cm³/mol. The third-order valence-corrected chi connectivity index (χ3v) is 1.52. The van der Waals surface area contributed by atoms with E-state index in [9.17, 15) is 0 Å². The van der Waals surface area contributed by atoms with Gasteiger partial charge in [-0.1, -0.05) is 0 Å². The molecule has 1 aliphatic rings. The van der Waals surface area contributed by atoms with Gasteiger partial charge in [-0.25, -0.2) is 0 Å². The molecule has 1 fully saturated rings. The molecule has 0 aromatic carbocycles. The Morgan fingerprint density at radius 1 is 1.40 bits per heavy atom. The normalized spacial score (nSPS) is 18.9. The number of hydrogen-bond acceptors (Lipinski definition) is 3. The average molecular weight is 143 g/mol. The summed E-state index contributed by atoms with van der Waals surface area (Å²) in [6, 6.07) is 0. The van der Waals surface area contributed by atoms with Gasteiger partial charge < -0.3 is 9.57 Å². The first kappa shape index (κ1) is 7.41. The van der Waals surface area contributed by atoms with E-state index in [1.165, 1.54) is 12.8 Å². The van der Waals surface area contributed by atoms with Crippen LogP contribution in [-0.2, 0) is 9.57 Å². The van der Waals surface area contributed by atoms with Crippen molar-refractivity contribution in [2.24, 2.45) is 0 Å². The van der Waals surface area contributed by atoms with Gasteiger partial charge in [0.15, 0.2) is 0 Å². The molecule has 0 saturated carbocycles. The van der Waals surface area contributed by atoms with E-state index in [2.05, 4.69) is 6.58 Å². The van der Waals surface area contributed by atoms with Crippen LogP contribution in [0.25, 0.3) is 0 Å². The van der Waals surface area contributed by atoms with Crippen LogP contribution < -0.4 is 0 Å². The number of methoxy groups -OCH3 is 1. The molecule has 1 aliphatic heterocycles. The van der Waals surface area contributed by atoms with E-state index in [4.69, 9.17) is 9.57 Å². The van der Waals surface area contributed by atoms with Gasteiger partial charge in [-0.2, -0.15) is 0 Å². The predicted octanol–water partition coefficient (Wildman–Crippen LogP) is 1.13. The van der Waals surface area contributed by atoms with Crippen molar-refractivity contribution < 1.29 is 9.57 Å². The van der Waals surface area contributed by atoms with Crippen molar-refractivity contribution in [2.75, 3.05) is 20.2 Å². The average Bonchev–Trinajstić information content (AvgIpc) is 2.40. The Balaban J connectivity index is 2.17. The summed E-state index contributed by atoms with van der Waals surface area (Å²) in [7, 11) is 1.55. The van der Waals surface area contributed by atoms with E-state index in [0.717, 1.165) is 13.1 Å². The van der Waals surface area contributed by atoms with Gasteiger partial charge in [0.05, 0.1) is 7.11 Å². The summed E-state index contributed by atoms with van der Waals surface area (Å²) in [5.41, 5.74) is 0. The minimum atomic E-state index is 0.377. The Morgan fingerprint density at radius 2 is 2.00 bits per heavy atom. The van der Waals surface area contributed by atoms with Crippen molar-refractivity contribution in [1.82, 2.24) is 5.06 Å². The second-order valence-electron chi connectivity index (χ2n) is 2.30. The second-order valence-corrected chi connectivity index (χ2v) is 2.30. The Morgan fingerprint density at radius 3 is 2.50 bits per heavy atom. The van der Waals surface area contributed by atoms with E-state index in [-0.39, 0.29) is 0 Å². The molecule has 0 radical (unpaired) electrons. The Labute approximate surface area is 61.2 Å². The lowest BCUT2D eigenvalue weighted by molar-refractivity contribution is -0.147. The molecule has 3 nitrogen and oxygen atoms in total. The summed E-state index contributed by atoms with van der Waals surface area (Å²) in [6.45, 7) is 5.53. The van der Waals surface area contributed by atoms with Gasteiger partial charge in [0, 0.05) is 13.1 Å². The van der Waals surface area contributed by atoms with Crippen LogP contribution in [0.15, 0.2) is 12.5 Å². The minimum absolute atomic E-state index is 0.377. The van der Waals surface area contributed by atoms with Crippen LogP contribution in [0.2, 0.25) is 0 Å². The molecule has 1 saturated heterocycles. The molecule has 0 aromatic rings. The molecular formula is C7H13NO2. The van der Waals surface area contributed by atoms with Gasteiger partial charge in [0.25, 0.3) is 5.95 Å². The molecule has 0 aromatic heterocycles. The number of hydrogen-bond donors (Lipinski definition) is 0. The highest BCUT2D eigenvalue weighted by Crippen LogP contribution is 2.10. The standard InChI is InChI=1S/C7H13NO2/c1-7(9-2)10-8-5-3-4-6-8/h1,3-6H2,2H3. The molecule has 0 aliphatic carbocycles. The molecule has 0 bridgehead atoms. The summed E-state index contributed by atoms with van der Waals surface area (Å²) in [5, 5.41) is 1.87. The second kappa shape index (κ2) is 3.46. The van der Waals surface area contributed by atoms with Crippen molar-refractivity contribution >= 4 is 0 Å². The summed E-state index contributed by atoms with van der Waals surface area (Å²) < 4.78 is 4.75. The number of ether oxygens (including phenoxy) is 1. The quantitative estimate of drug-likeness (QED) is 0.553. The van der Waals surface area contributed by atoms with Crippen LogP contribution in [0, 0.1) is 0 Å². The lowest BCUT2D eigenvalue weighted by Crippen LogP contribution is -2.19. The first-order valence-corrected chi connectivity index (χ1v) is 3.49. The molecule has 1 heterocycles.